The van der Waals surface area contributed by atoms with Gasteiger partial charge in [-0.2, -0.15) is 0 Å². The largest absolute Gasteiger partial charge is 0.357 e. The van der Waals surface area contributed by atoms with E-state index in [1.807, 2.05) is 20.9 Å². The maximum absolute atomic E-state index is 11.7. The fourth-order valence-electron chi connectivity index (χ4n) is 1.80. The van der Waals surface area contributed by atoms with Crippen LogP contribution in [0.1, 0.15) is 17.8 Å². The highest BCUT2D eigenvalue weighted by molar-refractivity contribution is 5.86. The van der Waals surface area contributed by atoms with Gasteiger partial charge in [0, 0.05) is 19.8 Å². The third-order valence-electron chi connectivity index (χ3n) is 2.81. The van der Waals surface area contributed by atoms with Crippen molar-refractivity contribution in [2.75, 3.05) is 18.9 Å². The minimum absolute atomic E-state index is 0.128. The summed E-state index contributed by atoms with van der Waals surface area (Å²) in [5.41, 5.74) is 1.68. The number of aryl methyl sites for hydroxylation is 2. The molecule has 1 aliphatic rings. The maximum Gasteiger partial charge on any atom is 0.244 e. The van der Waals surface area contributed by atoms with Gasteiger partial charge in [0.25, 0.3) is 0 Å². The summed E-state index contributed by atoms with van der Waals surface area (Å²) in [5.74, 6) is 0.844. The van der Waals surface area contributed by atoms with Gasteiger partial charge in [-0.1, -0.05) is 0 Å². The summed E-state index contributed by atoms with van der Waals surface area (Å²) in [4.78, 5) is 22.0. The lowest BCUT2D eigenvalue weighted by molar-refractivity contribution is -0.127. The van der Waals surface area contributed by atoms with Gasteiger partial charge in [-0.05, 0) is 20.3 Å². The molecule has 0 spiro atoms. The van der Waals surface area contributed by atoms with Crippen molar-refractivity contribution in [3.8, 4) is 0 Å². The molecule has 1 aromatic rings. The number of nitrogens with one attached hydrogen (secondary N) is 1. The summed E-state index contributed by atoms with van der Waals surface area (Å²) in [5, 5.41) is 3.17. The first kappa shape index (κ1) is 10.9. The summed E-state index contributed by atoms with van der Waals surface area (Å²) in [7, 11) is 1.82. The van der Waals surface area contributed by atoms with Crippen molar-refractivity contribution < 1.29 is 4.79 Å². The number of rotatable bonds is 2. The van der Waals surface area contributed by atoms with Crippen LogP contribution in [0.25, 0.3) is 0 Å². The number of nitrogens with zero attached hydrogens (tertiary/aromatic N) is 3. The molecule has 1 saturated heterocycles. The Morgan fingerprint density at radius 2 is 2.25 bits per heavy atom. The van der Waals surface area contributed by atoms with Crippen LogP contribution in [-0.2, 0) is 4.79 Å². The molecule has 86 valence electrons. The molecule has 2 heterocycles. The van der Waals surface area contributed by atoms with Crippen LogP contribution >= 0.6 is 0 Å². The summed E-state index contributed by atoms with van der Waals surface area (Å²) in [6.07, 6.45) is 2.55. The van der Waals surface area contributed by atoms with Crippen LogP contribution in [0.15, 0.2) is 6.20 Å². The molecule has 5 heteroatoms. The number of carbonyl (C=O) groups is 1. The van der Waals surface area contributed by atoms with Crippen molar-refractivity contribution >= 4 is 11.7 Å². The average Bonchev–Trinajstić information content (AvgIpc) is 2.55. The smallest absolute Gasteiger partial charge is 0.244 e. The molecule has 16 heavy (non-hydrogen) atoms. The number of likely N-dealkylation sites (tertiary alicyclic amines) is 1. The van der Waals surface area contributed by atoms with Gasteiger partial charge in [0.05, 0.1) is 11.4 Å². The third kappa shape index (κ3) is 1.98. The zero-order valence-electron chi connectivity index (χ0n) is 9.82. The van der Waals surface area contributed by atoms with Crippen LogP contribution in [-0.4, -0.2) is 40.4 Å². The minimum atomic E-state index is -0.153. The number of hydrogen-bond acceptors (Lipinski definition) is 4. The van der Waals surface area contributed by atoms with E-state index in [2.05, 4.69) is 15.3 Å². The molecule has 1 N–H and O–H groups in total. The molecule has 0 aromatic carbocycles. The number of carbonyl (C=O) groups excluding carboxylic acids is 1. The highest BCUT2D eigenvalue weighted by Crippen LogP contribution is 2.16. The Bertz CT molecular complexity index is 418. The second-order valence-electron chi connectivity index (χ2n) is 4.19. The summed E-state index contributed by atoms with van der Waals surface area (Å²) in [6.45, 7) is 4.58. The van der Waals surface area contributed by atoms with Crippen molar-refractivity contribution in [1.82, 2.24) is 14.9 Å². The van der Waals surface area contributed by atoms with E-state index in [1.165, 1.54) is 0 Å². The number of aromatic nitrogens is 2. The second-order valence-corrected chi connectivity index (χ2v) is 4.19. The standard InChI is InChI=1S/C11H16N4O/c1-7-6-12-8(2)10(13-7)14-9-4-5-15(3)11(9)16/h6,9H,4-5H2,1-3H3,(H,13,14). The van der Waals surface area contributed by atoms with Crippen LogP contribution in [0.5, 0.6) is 0 Å². The topological polar surface area (TPSA) is 58.1 Å². The third-order valence-corrected chi connectivity index (χ3v) is 2.81. The number of likely N-dealkylation sites (N-methyl/N-ethyl adjacent to an activating group) is 1. The molecule has 0 aliphatic carbocycles. The molecule has 1 aliphatic heterocycles. The van der Waals surface area contributed by atoms with Crippen molar-refractivity contribution in [3.05, 3.63) is 17.6 Å². The highest BCUT2D eigenvalue weighted by atomic mass is 16.2. The molecule has 2 rings (SSSR count). The van der Waals surface area contributed by atoms with E-state index in [-0.39, 0.29) is 11.9 Å². The summed E-state index contributed by atoms with van der Waals surface area (Å²) in [6, 6.07) is -0.153. The first-order valence-corrected chi connectivity index (χ1v) is 5.39. The molecule has 5 nitrogen and oxygen atoms in total. The Kier molecular flexibility index (Phi) is 2.77. The average molecular weight is 220 g/mol. The number of hydrogen-bond donors (Lipinski definition) is 1. The van der Waals surface area contributed by atoms with Crippen LogP contribution in [0, 0.1) is 13.8 Å². The van der Waals surface area contributed by atoms with Crippen LogP contribution in [0.4, 0.5) is 5.82 Å². The van der Waals surface area contributed by atoms with E-state index < -0.39 is 0 Å². The second kappa shape index (κ2) is 4.08. The van der Waals surface area contributed by atoms with Gasteiger partial charge in [-0.15, -0.1) is 0 Å². The van der Waals surface area contributed by atoms with Gasteiger partial charge < -0.3 is 10.2 Å². The van der Waals surface area contributed by atoms with E-state index in [1.54, 1.807) is 11.1 Å². The Morgan fingerprint density at radius 3 is 2.88 bits per heavy atom. The zero-order valence-corrected chi connectivity index (χ0v) is 9.82. The van der Waals surface area contributed by atoms with Gasteiger partial charge in [-0.25, -0.2) is 4.98 Å². The molecule has 0 saturated carbocycles. The first-order valence-electron chi connectivity index (χ1n) is 5.39. The van der Waals surface area contributed by atoms with Gasteiger partial charge in [0.15, 0.2) is 0 Å². The quantitative estimate of drug-likeness (QED) is 0.798. The fourth-order valence-corrected chi connectivity index (χ4v) is 1.80. The lowest BCUT2D eigenvalue weighted by atomic mass is 10.2. The van der Waals surface area contributed by atoms with Crippen molar-refractivity contribution in [2.24, 2.45) is 0 Å². The van der Waals surface area contributed by atoms with E-state index in [0.29, 0.717) is 5.82 Å². The molecule has 1 unspecified atom stereocenters. The Labute approximate surface area is 94.9 Å². The lowest BCUT2D eigenvalue weighted by Crippen LogP contribution is -2.31. The van der Waals surface area contributed by atoms with Crippen LogP contribution < -0.4 is 5.32 Å². The van der Waals surface area contributed by atoms with Gasteiger partial charge >= 0.3 is 0 Å². The van der Waals surface area contributed by atoms with Crippen molar-refractivity contribution in [1.29, 1.82) is 0 Å². The van der Waals surface area contributed by atoms with E-state index >= 15 is 0 Å². The normalized spacial score (nSPS) is 20.3. The number of anilines is 1. The molecular formula is C11H16N4O. The zero-order chi connectivity index (χ0) is 11.7. The van der Waals surface area contributed by atoms with E-state index in [0.717, 1.165) is 24.4 Å². The Hall–Kier alpha value is -1.65. The molecular weight excluding hydrogens is 204 g/mol. The van der Waals surface area contributed by atoms with Gasteiger partial charge in [-0.3, -0.25) is 9.78 Å². The van der Waals surface area contributed by atoms with E-state index in [9.17, 15) is 4.79 Å². The molecule has 1 aromatic heterocycles. The van der Waals surface area contributed by atoms with Crippen LogP contribution in [0.2, 0.25) is 0 Å². The molecule has 0 bridgehead atoms. The highest BCUT2D eigenvalue weighted by Gasteiger charge is 2.29. The van der Waals surface area contributed by atoms with Gasteiger partial charge in [0.1, 0.15) is 11.9 Å². The lowest BCUT2D eigenvalue weighted by Gasteiger charge is -2.14. The SMILES string of the molecule is Cc1cnc(C)c(NC2CCN(C)C2=O)n1. The predicted octanol–water partition coefficient (Wildman–Crippen LogP) is 0.736. The maximum atomic E-state index is 11.7. The summed E-state index contributed by atoms with van der Waals surface area (Å²) < 4.78 is 0. The molecule has 0 radical (unpaired) electrons. The number of amides is 1. The monoisotopic (exact) mass is 220 g/mol. The molecule has 1 fully saturated rings. The van der Waals surface area contributed by atoms with E-state index in [4.69, 9.17) is 0 Å². The van der Waals surface area contributed by atoms with Gasteiger partial charge in [0.2, 0.25) is 5.91 Å². The fraction of sp³-hybridized carbons (Fsp3) is 0.545. The first-order chi connectivity index (χ1) is 7.58. The Morgan fingerprint density at radius 1 is 1.50 bits per heavy atom. The van der Waals surface area contributed by atoms with Crippen molar-refractivity contribution in [3.63, 3.8) is 0 Å². The molecule has 1 amide bonds. The Balaban J connectivity index is 2.15. The van der Waals surface area contributed by atoms with Crippen LogP contribution in [0.3, 0.4) is 0 Å². The summed E-state index contributed by atoms with van der Waals surface area (Å²) >= 11 is 0. The van der Waals surface area contributed by atoms with Crippen molar-refractivity contribution in [2.45, 2.75) is 26.3 Å². The predicted molar refractivity (Wildman–Crippen MR) is 61.2 cm³/mol. The molecule has 1 atom stereocenters. The minimum Gasteiger partial charge on any atom is -0.357 e.